The Labute approximate surface area is 275 Å². The third kappa shape index (κ3) is 15.1. The van der Waals surface area contributed by atoms with Gasteiger partial charge in [0.2, 0.25) is 0 Å². The van der Waals surface area contributed by atoms with Gasteiger partial charge in [0.05, 0.1) is 45.5 Å². The number of hydrogen-bond donors (Lipinski definition) is 0. The van der Waals surface area contributed by atoms with Crippen molar-refractivity contribution in [2.24, 2.45) is 16.2 Å². The van der Waals surface area contributed by atoms with E-state index in [4.69, 9.17) is 17.8 Å². The van der Waals surface area contributed by atoms with E-state index in [1.54, 1.807) is 11.3 Å². The second-order valence-electron chi connectivity index (χ2n) is 13.8. The monoisotopic (exact) mass is 780 g/mol. The number of hydrogen-bond acceptors (Lipinski definition) is 9. The normalized spacial score (nSPS) is 16.4. The van der Waals surface area contributed by atoms with E-state index < -0.39 is 20.2 Å². The predicted molar refractivity (Wildman–Crippen MR) is 177 cm³/mol. The van der Waals surface area contributed by atoms with Gasteiger partial charge in [0, 0.05) is 18.6 Å². The van der Waals surface area contributed by atoms with Crippen LogP contribution in [0.15, 0.2) is 7.57 Å². The van der Waals surface area contributed by atoms with Crippen molar-refractivity contribution in [1.82, 2.24) is 0 Å². The van der Waals surface area contributed by atoms with Crippen LogP contribution in [-0.4, -0.2) is 68.0 Å². The summed E-state index contributed by atoms with van der Waals surface area (Å²) in [6, 6.07) is 0. The van der Waals surface area contributed by atoms with E-state index >= 15 is 0 Å². The quantitative estimate of drug-likeness (QED) is 0.0857. The Bertz CT molecular complexity index is 1090. The molecule has 0 spiro atoms. The summed E-state index contributed by atoms with van der Waals surface area (Å²) in [6.45, 7) is 14.0. The molecule has 0 radical (unpaired) electrons. The van der Waals surface area contributed by atoms with Gasteiger partial charge in [-0.3, -0.25) is 8.37 Å². The standard InChI is InChI=1S/C29H50Br2O8S3/c1-27(2,3)19-38-41(32,33)17-9-7-15-36-21-29(13-11-23-24(12-14-29)26(31)40-25(23)30)22-37-16-8-10-18-42(34,35)39-20-28(4,5)6/h7-22H2,1-6H3. The number of thiophene rings is 1. The predicted octanol–water partition coefficient (Wildman–Crippen LogP) is 7.52. The van der Waals surface area contributed by atoms with Gasteiger partial charge in [0.1, 0.15) is 0 Å². The smallest absolute Gasteiger partial charge is 0.267 e. The van der Waals surface area contributed by atoms with E-state index in [0.717, 1.165) is 33.3 Å². The molecule has 8 nitrogen and oxygen atoms in total. The van der Waals surface area contributed by atoms with Crippen LogP contribution in [0.4, 0.5) is 0 Å². The summed E-state index contributed by atoms with van der Waals surface area (Å²) >= 11 is 9.15. The van der Waals surface area contributed by atoms with Crippen LogP contribution >= 0.6 is 43.2 Å². The van der Waals surface area contributed by atoms with Crippen LogP contribution in [0.3, 0.4) is 0 Å². The summed E-state index contributed by atoms with van der Waals surface area (Å²) in [4.78, 5) is 0. The summed E-state index contributed by atoms with van der Waals surface area (Å²) in [5.74, 6) is -0.0284. The van der Waals surface area contributed by atoms with Crippen LogP contribution in [0.25, 0.3) is 0 Å². The molecule has 0 aromatic carbocycles. The lowest BCUT2D eigenvalue weighted by Crippen LogP contribution is -2.33. The van der Waals surface area contributed by atoms with Crippen molar-refractivity contribution in [2.45, 2.75) is 92.9 Å². The average molecular weight is 783 g/mol. The van der Waals surface area contributed by atoms with E-state index in [1.165, 1.54) is 11.1 Å². The summed E-state index contributed by atoms with van der Waals surface area (Å²) in [6.07, 6.45) is 5.87. The zero-order valence-corrected chi connectivity index (χ0v) is 31.7. The molecule has 0 unspecified atom stereocenters. The van der Waals surface area contributed by atoms with Crippen molar-refractivity contribution in [3.05, 3.63) is 18.7 Å². The highest BCUT2D eigenvalue weighted by atomic mass is 79.9. The maximum Gasteiger partial charge on any atom is 0.267 e. The maximum atomic E-state index is 12.2. The van der Waals surface area contributed by atoms with E-state index in [0.29, 0.717) is 52.1 Å². The molecule has 1 heterocycles. The summed E-state index contributed by atoms with van der Waals surface area (Å²) in [5, 5.41) is 0. The van der Waals surface area contributed by atoms with Gasteiger partial charge in [0.15, 0.2) is 0 Å². The zero-order valence-electron chi connectivity index (χ0n) is 26.1. The van der Waals surface area contributed by atoms with Crippen LogP contribution in [-0.2, 0) is 50.9 Å². The largest absolute Gasteiger partial charge is 0.381 e. The van der Waals surface area contributed by atoms with Crippen LogP contribution in [0.5, 0.6) is 0 Å². The summed E-state index contributed by atoms with van der Waals surface area (Å²) in [7, 11) is -7.08. The van der Waals surface area contributed by atoms with E-state index in [2.05, 4.69) is 31.9 Å². The maximum absolute atomic E-state index is 12.2. The van der Waals surface area contributed by atoms with Crippen LogP contribution in [0.2, 0.25) is 0 Å². The molecule has 42 heavy (non-hydrogen) atoms. The molecule has 0 fully saturated rings. The lowest BCUT2D eigenvalue weighted by Gasteiger charge is -2.32. The second-order valence-corrected chi connectivity index (χ2v) is 21.0. The fourth-order valence-corrected chi connectivity index (χ4v) is 10.1. The topological polar surface area (TPSA) is 105 Å². The molecule has 0 amide bonds. The second kappa shape index (κ2) is 16.8. The number of rotatable bonds is 18. The lowest BCUT2D eigenvalue weighted by molar-refractivity contribution is -0.0318. The Kier molecular flexibility index (Phi) is 15.4. The third-order valence-electron chi connectivity index (χ3n) is 6.85. The van der Waals surface area contributed by atoms with Gasteiger partial charge < -0.3 is 9.47 Å². The van der Waals surface area contributed by atoms with E-state index in [9.17, 15) is 16.8 Å². The van der Waals surface area contributed by atoms with Crippen molar-refractivity contribution in [2.75, 3.05) is 51.1 Å². The van der Waals surface area contributed by atoms with Crippen molar-refractivity contribution in [3.8, 4) is 0 Å². The highest BCUT2D eigenvalue weighted by molar-refractivity contribution is 9.12. The fraction of sp³-hybridized carbons (Fsp3) is 0.862. The van der Waals surface area contributed by atoms with Gasteiger partial charge in [-0.2, -0.15) is 16.8 Å². The van der Waals surface area contributed by atoms with Gasteiger partial charge in [-0.1, -0.05) is 41.5 Å². The van der Waals surface area contributed by atoms with Gasteiger partial charge >= 0.3 is 0 Å². The first-order chi connectivity index (χ1) is 19.3. The molecule has 1 aromatic rings. The van der Waals surface area contributed by atoms with Crippen molar-refractivity contribution in [3.63, 3.8) is 0 Å². The van der Waals surface area contributed by atoms with E-state index in [1.807, 2.05) is 41.5 Å². The summed E-state index contributed by atoms with van der Waals surface area (Å²) in [5.41, 5.74) is 2.08. The van der Waals surface area contributed by atoms with Gasteiger partial charge in [-0.25, -0.2) is 0 Å². The Hall–Kier alpha value is 0.400. The number of fused-ring (bicyclic) bond motifs is 1. The van der Waals surface area contributed by atoms with Crippen molar-refractivity contribution < 1.29 is 34.7 Å². The highest BCUT2D eigenvalue weighted by Crippen LogP contribution is 2.44. The Morgan fingerprint density at radius 2 is 1.07 bits per heavy atom. The molecule has 1 aliphatic rings. The molecular weight excluding hydrogens is 732 g/mol. The molecule has 0 N–H and O–H groups in total. The lowest BCUT2D eigenvalue weighted by atomic mass is 9.81. The minimum Gasteiger partial charge on any atom is -0.381 e. The average Bonchev–Trinajstić information content (AvgIpc) is 3.01. The number of unbranched alkanes of at least 4 members (excludes halogenated alkanes) is 2. The molecule has 0 saturated heterocycles. The molecule has 246 valence electrons. The van der Waals surface area contributed by atoms with Crippen molar-refractivity contribution >= 4 is 63.4 Å². The molecular formula is C29H50Br2O8S3. The fourth-order valence-electron chi connectivity index (χ4n) is 4.37. The first-order valence-corrected chi connectivity index (χ1v) is 20.2. The van der Waals surface area contributed by atoms with E-state index in [-0.39, 0.29) is 41.0 Å². The zero-order chi connectivity index (χ0) is 31.7. The SMILES string of the molecule is CC(C)(C)COS(=O)(=O)CCCCOCC1(COCCCCS(=O)(=O)OCC(C)(C)C)CCc2c(Br)sc(Br)c2CC1. The first kappa shape index (κ1) is 38.6. The molecule has 1 aliphatic carbocycles. The Morgan fingerprint density at radius 3 is 1.43 bits per heavy atom. The molecule has 0 atom stereocenters. The highest BCUT2D eigenvalue weighted by Gasteiger charge is 2.35. The van der Waals surface area contributed by atoms with Crippen LogP contribution < -0.4 is 0 Å². The van der Waals surface area contributed by atoms with Crippen LogP contribution in [0, 0.1) is 16.2 Å². The number of halogens is 2. The minimum atomic E-state index is -3.54. The molecule has 0 aliphatic heterocycles. The Balaban J connectivity index is 1.84. The molecule has 2 rings (SSSR count). The van der Waals surface area contributed by atoms with Crippen LogP contribution in [0.1, 0.15) is 91.2 Å². The molecule has 13 heteroatoms. The first-order valence-electron chi connectivity index (χ1n) is 14.7. The molecule has 0 saturated carbocycles. The molecule has 0 bridgehead atoms. The van der Waals surface area contributed by atoms with Gasteiger partial charge in [0.25, 0.3) is 20.2 Å². The third-order valence-corrected chi connectivity index (χ3v) is 12.2. The minimum absolute atomic E-state index is 0.0142. The number of ether oxygens (including phenoxy) is 2. The summed E-state index contributed by atoms with van der Waals surface area (Å²) < 4.78 is 73.6. The molecule has 1 aromatic heterocycles. The van der Waals surface area contributed by atoms with Crippen molar-refractivity contribution in [1.29, 1.82) is 0 Å². The van der Waals surface area contributed by atoms with Gasteiger partial charge in [-0.05, 0) is 105 Å². The Morgan fingerprint density at radius 1 is 0.690 bits per heavy atom. The van der Waals surface area contributed by atoms with Gasteiger partial charge in [-0.15, -0.1) is 11.3 Å².